The van der Waals surface area contributed by atoms with E-state index in [-0.39, 0.29) is 11.5 Å². The molecule has 19 heavy (non-hydrogen) atoms. The van der Waals surface area contributed by atoms with Gasteiger partial charge in [-0.05, 0) is 59.4 Å². The predicted molar refractivity (Wildman–Crippen MR) is 77.7 cm³/mol. The van der Waals surface area contributed by atoms with Crippen molar-refractivity contribution in [2.75, 3.05) is 0 Å². The molecule has 0 saturated heterocycles. The van der Waals surface area contributed by atoms with Gasteiger partial charge in [0, 0.05) is 18.3 Å². The summed E-state index contributed by atoms with van der Waals surface area (Å²) in [6.07, 6.45) is 2.74. The van der Waals surface area contributed by atoms with Gasteiger partial charge in [0.2, 0.25) is 0 Å². The van der Waals surface area contributed by atoms with Gasteiger partial charge in [-0.1, -0.05) is 0 Å². The zero-order valence-corrected chi connectivity index (χ0v) is 12.8. The number of hydrogen-bond donors (Lipinski definition) is 1. The molecule has 1 unspecified atom stereocenters. The third kappa shape index (κ3) is 4.36. The fourth-order valence-corrected chi connectivity index (χ4v) is 2.30. The Hall–Kier alpha value is -1.34. The molecule has 0 bridgehead atoms. The van der Waals surface area contributed by atoms with Gasteiger partial charge in [-0.25, -0.2) is 0 Å². The van der Waals surface area contributed by atoms with E-state index in [0.29, 0.717) is 0 Å². The monoisotopic (exact) mass is 262 g/mol. The van der Waals surface area contributed by atoms with Crippen LogP contribution in [-0.2, 0) is 13.0 Å². The van der Waals surface area contributed by atoms with Crippen LogP contribution >= 0.6 is 0 Å². The minimum absolute atomic E-state index is 0.160. The summed E-state index contributed by atoms with van der Waals surface area (Å²) in [5, 5.41) is 13.6. The number of aryl methyl sites for hydroxylation is 2. The van der Waals surface area contributed by atoms with Crippen molar-refractivity contribution in [3.8, 4) is 6.07 Å². The van der Waals surface area contributed by atoms with Gasteiger partial charge in [-0.2, -0.15) is 10.4 Å². The number of nitriles is 1. The van der Waals surface area contributed by atoms with Crippen LogP contribution in [0.2, 0.25) is 0 Å². The van der Waals surface area contributed by atoms with E-state index < -0.39 is 0 Å². The first-order chi connectivity index (χ1) is 8.76. The number of nitrogens with zero attached hydrogens (tertiary/aromatic N) is 3. The lowest BCUT2D eigenvalue weighted by atomic mass is 9.90. The third-order valence-corrected chi connectivity index (χ3v) is 3.53. The molecule has 1 atom stereocenters. The summed E-state index contributed by atoms with van der Waals surface area (Å²) in [5.41, 5.74) is 9.19. The molecule has 4 nitrogen and oxygen atoms in total. The lowest BCUT2D eigenvalue weighted by Crippen LogP contribution is -2.18. The Morgan fingerprint density at radius 1 is 1.42 bits per heavy atom. The molecule has 0 aliphatic carbocycles. The van der Waals surface area contributed by atoms with Crippen molar-refractivity contribution in [3.63, 3.8) is 0 Å². The zero-order valence-electron chi connectivity index (χ0n) is 12.8. The molecule has 0 saturated carbocycles. The van der Waals surface area contributed by atoms with Crippen molar-refractivity contribution in [1.82, 2.24) is 9.78 Å². The number of aromatic nitrogens is 2. The quantitative estimate of drug-likeness (QED) is 0.857. The van der Waals surface area contributed by atoms with E-state index in [1.165, 1.54) is 11.3 Å². The second kappa shape index (κ2) is 6.21. The smallest absolute Gasteiger partial charge is 0.0683 e. The van der Waals surface area contributed by atoms with Gasteiger partial charge in [0.1, 0.15) is 0 Å². The van der Waals surface area contributed by atoms with Crippen molar-refractivity contribution in [1.29, 1.82) is 5.26 Å². The summed E-state index contributed by atoms with van der Waals surface area (Å²) >= 11 is 0. The highest BCUT2D eigenvalue weighted by Crippen LogP contribution is 2.22. The SMILES string of the molecule is Cc1nn(CCCC(C)(C)C#N)c(C)c1CC(C)N. The van der Waals surface area contributed by atoms with E-state index in [1.807, 2.05) is 27.7 Å². The molecule has 2 N–H and O–H groups in total. The standard InChI is InChI=1S/C15H26N4/c1-11(17)9-14-12(2)18-19(13(14)3)8-6-7-15(4,5)10-16/h11H,6-9,17H2,1-5H3. The summed E-state index contributed by atoms with van der Waals surface area (Å²) < 4.78 is 2.06. The molecule has 106 valence electrons. The zero-order chi connectivity index (χ0) is 14.6. The van der Waals surface area contributed by atoms with Crippen LogP contribution in [0.1, 0.15) is 50.6 Å². The minimum atomic E-state index is -0.245. The van der Waals surface area contributed by atoms with Crippen LogP contribution in [0.3, 0.4) is 0 Å². The summed E-state index contributed by atoms with van der Waals surface area (Å²) in [6, 6.07) is 2.50. The molecule has 0 amide bonds. The van der Waals surface area contributed by atoms with E-state index in [0.717, 1.165) is 31.5 Å². The molecule has 4 heteroatoms. The molecule has 0 fully saturated rings. The second-order valence-corrected chi connectivity index (χ2v) is 6.15. The van der Waals surface area contributed by atoms with Crippen LogP contribution in [0.4, 0.5) is 0 Å². The molecular weight excluding hydrogens is 236 g/mol. The van der Waals surface area contributed by atoms with Gasteiger partial charge in [-0.15, -0.1) is 0 Å². The summed E-state index contributed by atoms with van der Waals surface area (Å²) in [6.45, 7) is 11.0. The van der Waals surface area contributed by atoms with E-state index in [1.54, 1.807) is 0 Å². The van der Waals surface area contributed by atoms with Crippen LogP contribution in [0.15, 0.2) is 0 Å². The van der Waals surface area contributed by atoms with E-state index >= 15 is 0 Å². The lowest BCUT2D eigenvalue weighted by molar-refractivity contribution is 0.404. The van der Waals surface area contributed by atoms with E-state index in [4.69, 9.17) is 11.0 Å². The number of rotatable bonds is 6. The normalized spacial score (nSPS) is 13.3. The molecular formula is C15H26N4. The molecule has 1 aromatic rings. The number of nitrogens with two attached hydrogens (primary N) is 1. The van der Waals surface area contributed by atoms with E-state index in [9.17, 15) is 0 Å². The van der Waals surface area contributed by atoms with Crippen LogP contribution < -0.4 is 5.73 Å². The second-order valence-electron chi connectivity index (χ2n) is 6.15. The van der Waals surface area contributed by atoms with Crippen molar-refractivity contribution in [2.24, 2.45) is 11.1 Å². The highest BCUT2D eigenvalue weighted by molar-refractivity contribution is 5.25. The summed E-state index contributed by atoms with van der Waals surface area (Å²) in [4.78, 5) is 0. The lowest BCUT2D eigenvalue weighted by Gasteiger charge is -2.14. The van der Waals surface area contributed by atoms with Gasteiger partial charge in [0.15, 0.2) is 0 Å². The Bertz CT molecular complexity index is 463. The predicted octanol–water partition coefficient (Wildman–Crippen LogP) is 2.72. The van der Waals surface area contributed by atoms with E-state index in [2.05, 4.69) is 22.8 Å². The maximum absolute atomic E-state index is 9.01. The minimum Gasteiger partial charge on any atom is -0.328 e. The van der Waals surface area contributed by atoms with Crippen LogP contribution in [0, 0.1) is 30.6 Å². The molecule has 0 aromatic carbocycles. The van der Waals surface area contributed by atoms with Crippen molar-refractivity contribution in [3.05, 3.63) is 17.0 Å². The average Bonchev–Trinajstić information content (AvgIpc) is 2.56. The molecule has 0 spiro atoms. The van der Waals surface area contributed by atoms with Crippen LogP contribution in [0.5, 0.6) is 0 Å². The van der Waals surface area contributed by atoms with Gasteiger partial charge >= 0.3 is 0 Å². The molecule has 1 rings (SSSR count). The largest absolute Gasteiger partial charge is 0.328 e. The Morgan fingerprint density at radius 3 is 2.58 bits per heavy atom. The van der Waals surface area contributed by atoms with Crippen molar-refractivity contribution >= 4 is 0 Å². The fourth-order valence-electron chi connectivity index (χ4n) is 2.30. The molecule has 0 aliphatic heterocycles. The Kier molecular flexibility index (Phi) is 5.13. The highest BCUT2D eigenvalue weighted by Gasteiger charge is 2.17. The topological polar surface area (TPSA) is 67.6 Å². The van der Waals surface area contributed by atoms with Gasteiger partial charge in [0.05, 0.1) is 17.2 Å². The first-order valence-electron chi connectivity index (χ1n) is 6.96. The molecule has 0 aliphatic rings. The van der Waals surface area contributed by atoms with Crippen LogP contribution in [-0.4, -0.2) is 15.8 Å². The number of hydrogen-bond acceptors (Lipinski definition) is 3. The third-order valence-electron chi connectivity index (χ3n) is 3.53. The summed E-state index contributed by atoms with van der Waals surface area (Å²) in [5.74, 6) is 0. The first-order valence-corrected chi connectivity index (χ1v) is 6.96. The highest BCUT2D eigenvalue weighted by atomic mass is 15.3. The molecule has 1 aromatic heterocycles. The Labute approximate surface area is 116 Å². The van der Waals surface area contributed by atoms with Gasteiger partial charge in [0.25, 0.3) is 0 Å². The van der Waals surface area contributed by atoms with Crippen molar-refractivity contribution < 1.29 is 0 Å². The van der Waals surface area contributed by atoms with Crippen LogP contribution in [0.25, 0.3) is 0 Å². The fraction of sp³-hybridized carbons (Fsp3) is 0.733. The average molecular weight is 262 g/mol. The van der Waals surface area contributed by atoms with Gasteiger partial charge in [-0.3, -0.25) is 4.68 Å². The molecule has 0 radical (unpaired) electrons. The Morgan fingerprint density at radius 2 is 2.05 bits per heavy atom. The Balaban J connectivity index is 2.68. The maximum atomic E-state index is 9.01. The molecule has 1 heterocycles. The first kappa shape index (κ1) is 15.7. The maximum Gasteiger partial charge on any atom is 0.0683 e. The van der Waals surface area contributed by atoms with Gasteiger partial charge < -0.3 is 5.73 Å². The summed E-state index contributed by atoms with van der Waals surface area (Å²) in [7, 11) is 0. The van der Waals surface area contributed by atoms with Crippen molar-refractivity contribution in [2.45, 2.75) is 66.5 Å².